The van der Waals surface area contributed by atoms with Crippen molar-refractivity contribution < 1.29 is 13.5 Å². The molecule has 0 aliphatic heterocycles. The number of aliphatic hydroxyl groups is 1. The molecule has 0 bridgehead atoms. The van der Waals surface area contributed by atoms with Gasteiger partial charge in [0.05, 0.1) is 17.2 Å². The smallest absolute Gasteiger partial charge is 0.175 e. The molecule has 5 nitrogen and oxygen atoms in total. The number of benzene rings is 2. The molecule has 0 aliphatic rings. The van der Waals surface area contributed by atoms with E-state index in [-0.39, 0.29) is 11.5 Å². The van der Waals surface area contributed by atoms with Crippen molar-refractivity contribution in [3.05, 3.63) is 59.8 Å². The Balaban J connectivity index is 2.21. The van der Waals surface area contributed by atoms with Gasteiger partial charge in [-0.15, -0.1) is 0 Å². The van der Waals surface area contributed by atoms with Gasteiger partial charge in [0.1, 0.15) is 5.69 Å². The van der Waals surface area contributed by atoms with Crippen molar-refractivity contribution in [3.8, 4) is 22.4 Å². The van der Waals surface area contributed by atoms with E-state index in [9.17, 15) is 13.5 Å². The topological polar surface area (TPSA) is 72.2 Å². The minimum absolute atomic E-state index is 0.120. The molecule has 0 radical (unpaired) electrons. The first-order chi connectivity index (χ1) is 12.3. The van der Waals surface area contributed by atoms with E-state index in [4.69, 9.17) is 0 Å². The maximum Gasteiger partial charge on any atom is 0.175 e. The van der Waals surface area contributed by atoms with Crippen molar-refractivity contribution >= 4 is 9.84 Å². The number of hydrogen-bond acceptors (Lipinski definition) is 4. The average Bonchev–Trinajstić information content (AvgIpc) is 3.00. The molecule has 0 atom stereocenters. The lowest BCUT2D eigenvalue weighted by molar-refractivity contribution is 0.269. The van der Waals surface area contributed by atoms with E-state index in [1.165, 1.54) is 6.26 Å². The van der Waals surface area contributed by atoms with Crippen LogP contribution in [0.4, 0.5) is 0 Å². The Kier molecular flexibility index (Phi) is 4.98. The van der Waals surface area contributed by atoms with Gasteiger partial charge >= 0.3 is 0 Å². The molecule has 0 aliphatic carbocycles. The molecule has 0 amide bonds. The van der Waals surface area contributed by atoms with Crippen LogP contribution >= 0.6 is 0 Å². The van der Waals surface area contributed by atoms with E-state index in [1.54, 1.807) is 28.9 Å². The summed E-state index contributed by atoms with van der Waals surface area (Å²) in [6.45, 7) is 4.51. The van der Waals surface area contributed by atoms with Crippen LogP contribution in [0.15, 0.2) is 53.4 Å². The molecule has 26 heavy (non-hydrogen) atoms. The summed E-state index contributed by atoms with van der Waals surface area (Å²) in [4.78, 5) is 0.274. The van der Waals surface area contributed by atoms with E-state index in [0.29, 0.717) is 6.54 Å². The van der Waals surface area contributed by atoms with Gasteiger partial charge in [0.2, 0.25) is 0 Å². The minimum Gasteiger partial charge on any atom is -0.390 e. The number of aromatic nitrogens is 2. The van der Waals surface area contributed by atoms with Gasteiger partial charge in [0.25, 0.3) is 0 Å². The highest BCUT2D eigenvalue weighted by Gasteiger charge is 2.20. The molecule has 0 saturated carbocycles. The van der Waals surface area contributed by atoms with Crippen molar-refractivity contribution in [2.45, 2.75) is 31.9 Å². The number of sulfone groups is 1. The predicted molar refractivity (Wildman–Crippen MR) is 103 cm³/mol. The third-order valence-electron chi connectivity index (χ3n) is 4.40. The minimum atomic E-state index is -3.25. The molecule has 1 heterocycles. The SMILES string of the molecule is CCn1nc(-c2ccc(S(C)(=O)=O)cc2)c(-c2ccc(C)cc2)c1CO. The lowest BCUT2D eigenvalue weighted by Gasteiger charge is -2.07. The highest BCUT2D eigenvalue weighted by Crippen LogP contribution is 2.35. The highest BCUT2D eigenvalue weighted by atomic mass is 32.2. The Labute approximate surface area is 153 Å². The van der Waals surface area contributed by atoms with Crippen molar-refractivity contribution in [2.24, 2.45) is 0 Å². The molecular weight excluding hydrogens is 348 g/mol. The summed E-state index contributed by atoms with van der Waals surface area (Å²) in [7, 11) is -3.25. The molecule has 136 valence electrons. The zero-order valence-corrected chi connectivity index (χ0v) is 15.9. The molecule has 1 N–H and O–H groups in total. The number of aryl methyl sites for hydroxylation is 2. The van der Waals surface area contributed by atoms with Crippen molar-refractivity contribution in [2.75, 3.05) is 6.26 Å². The Hall–Kier alpha value is -2.44. The standard InChI is InChI=1S/C20H22N2O3S/c1-4-22-18(13-23)19(15-7-5-14(2)6-8-15)20(21-22)16-9-11-17(12-10-16)26(3,24)25/h5-12,23H,4,13H2,1-3H3. The van der Waals surface area contributed by atoms with Crippen LogP contribution in [0.2, 0.25) is 0 Å². The molecule has 3 aromatic rings. The largest absolute Gasteiger partial charge is 0.390 e. The van der Waals surface area contributed by atoms with Gasteiger partial charge < -0.3 is 5.11 Å². The van der Waals surface area contributed by atoms with E-state index in [2.05, 4.69) is 5.10 Å². The van der Waals surface area contributed by atoms with Crippen LogP contribution in [0.5, 0.6) is 0 Å². The Morgan fingerprint density at radius 1 is 1.00 bits per heavy atom. The van der Waals surface area contributed by atoms with Crippen LogP contribution in [0.1, 0.15) is 18.2 Å². The van der Waals surface area contributed by atoms with Crippen molar-refractivity contribution in [3.63, 3.8) is 0 Å². The van der Waals surface area contributed by atoms with E-state index < -0.39 is 9.84 Å². The van der Waals surface area contributed by atoms with Crippen LogP contribution in [0.25, 0.3) is 22.4 Å². The molecule has 2 aromatic carbocycles. The second kappa shape index (κ2) is 7.05. The zero-order chi connectivity index (χ0) is 18.9. The molecular formula is C20H22N2O3S. The number of nitrogens with zero attached hydrogens (tertiary/aromatic N) is 2. The first-order valence-corrected chi connectivity index (χ1v) is 10.3. The second-order valence-corrected chi connectivity index (χ2v) is 8.32. The molecule has 6 heteroatoms. The summed E-state index contributed by atoms with van der Waals surface area (Å²) in [5.41, 5.74) is 5.30. The fraction of sp³-hybridized carbons (Fsp3) is 0.250. The van der Waals surface area contributed by atoms with Gasteiger partial charge in [0.15, 0.2) is 9.84 Å². The predicted octanol–water partition coefficient (Wildman–Crippen LogP) is 3.44. The van der Waals surface area contributed by atoms with Gasteiger partial charge in [0, 0.05) is 23.9 Å². The maximum absolute atomic E-state index is 11.7. The van der Waals surface area contributed by atoms with E-state index in [1.807, 2.05) is 38.1 Å². The maximum atomic E-state index is 11.7. The van der Waals surface area contributed by atoms with Gasteiger partial charge in [-0.05, 0) is 31.5 Å². The first kappa shape index (κ1) is 18.4. The Bertz CT molecular complexity index is 1020. The quantitative estimate of drug-likeness (QED) is 0.747. The summed E-state index contributed by atoms with van der Waals surface area (Å²) in [5.74, 6) is 0. The highest BCUT2D eigenvalue weighted by molar-refractivity contribution is 7.90. The van der Waals surface area contributed by atoms with Crippen LogP contribution in [0.3, 0.4) is 0 Å². The normalized spacial score (nSPS) is 11.7. The monoisotopic (exact) mass is 370 g/mol. The van der Waals surface area contributed by atoms with E-state index >= 15 is 0 Å². The van der Waals surface area contributed by atoms with Crippen LogP contribution in [-0.2, 0) is 23.0 Å². The van der Waals surface area contributed by atoms with Crippen molar-refractivity contribution in [1.82, 2.24) is 9.78 Å². The van der Waals surface area contributed by atoms with Crippen LogP contribution < -0.4 is 0 Å². The number of aliphatic hydroxyl groups excluding tert-OH is 1. The Morgan fingerprint density at radius 3 is 2.08 bits per heavy atom. The van der Waals surface area contributed by atoms with Gasteiger partial charge in [-0.25, -0.2) is 8.42 Å². The lowest BCUT2D eigenvalue weighted by atomic mass is 9.98. The zero-order valence-electron chi connectivity index (χ0n) is 15.1. The van der Waals surface area contributed by atoms with Gasteiger partial charge in [-0.1, -0.05) is 42.0 Å². The third-order valence-corrected chi connectivity index (χ3v) is 5.53. The van der Waals surface area contributed by atoms with Crippen LogP contribution in [0, 0.1) is 6.92 Å². The molecule has 3 rings (SSSR count). The lowest BCUT2D eigenvalue weighted by Crippen LogP contribution is -2.02. The molecule has 0 unspecified atom stereocenters. The molecule has 0 saturated heterocycles. The summed E-state index contributed by atoms with van der Waals surface area (Å²) < 4.78 is 25.2. The number of hydrogen-bond donors (Lipinski definition) is 1. The first-order valence-electron chi connectivity index (χ1n) is 8.43. The van der Waals surface area contributed by atoms with E-state index in [0.717, 1.165) is 33.6 Å². The second-order valence-electron chi connectivity index (χ2n) is 6.31. The van der Waals surface area contributed by atoms with Crippen LogP contribution in [-0.4, -0.2) is 29.6 Å². The Morgan fingerprint density at radius 2 is 1.58 bits per heavy atom. The summed E-state index contributed by atoms with van der Waals surface area (Å²) in [6, 6.07) is 14.8. The fourth-order valence-corrected chi connectivity index (χ4v) is 3.64. The fourth-order valence-electron chi connectivity index (χ4n) is 3.00. The van der Waals surface area contributed by atoms with Gasteiger partial charge in [-0.2, -0.15) is 5.10 Å². The third kappa shape index (κ3) is 3.43. The summed E-state index contributed by atoms with van der Waals surface area (Å²) in [5, 5.41) is 14.6. The van der Waals surface area contributed by atoms with Gasteiger partial charge in [-0.3, -0.25) is 4.68 Å². The average molecular weight is 370 g/mol. The molecule has 0 spiro atoms. The summed E-state index contributed by atoms with van der Waals surface area (Å²) in [6.07, 6.45) is 1.19. The molecule has 1 aromatic heterocycles. The molecule has 0 fully saturated rings. The summed E-state index contributed by atoms with van der Waals surface area (Å²) >= 11 is 0. The van der Waals surface area contributed by atoms with Crippen molar-refractivity contribution in [1.29, 1.82) is 0 Å². The number of rotatable bonds is 5.